The Morgan fingerprint density at radius 1 is 0.253 bits per heavy atom. The summed E-state index contributed by atoms with van der Waals surface area (Å²) in [5, 5.41) is 0. The van der Waals surface area contributed by atoms with Crippen LogP contribution in [0.3, 0.4) is 0 Å². The number of unbranched alkanes of at least 4 members (excludes halogenated alkanes) is 58. The first kappa shape index (κ1) is 91.7. The molecule has 2 atom stereocenters. The third-order valence-corrected chi connectivity index (χ3v) is 18.8. The van der Waals surface area contributed by atoms with Crippen LogP contribution in [0.15, 0.2) is 24.3 Å². The summed E-state index contributed by atoms with van der Waals surface area (Å²) in [7, 11) is -9.25. The molecule has 516 valence electrons. The second kappa shape index (κ2) is 77.2. The molecule has 0 rings (SSSR count). The van der Waals surface area contributed by atoms with Crippen LogP contribution in [0.1, 0.15) is 439 Å². The van der Waals surface area contributed by atoms with Crippen LogP contribution < -0.4 is 0 Å². The van der Waals surface area contributed by atoms with Gasteiger partial charge in [-0.2, -0.15) is 0 Å². The van der Waals surface area contributed by atoms with Crippen molar-refractivity contribution in [1.82, 2.24) is 0 Å². The van der Waals surface area contributed by atoms with E-state index in [1.165, 1.54) is 372 Å². The van der Waals surface area contributed by atoms with Gasteiger partial charge in [0.05, 0.1) is 13.2 Å². The Morgan fingerprint density at radius 2 is 0.402 bits per heavy atom. The quantitative estimate of drug-likeness (QED) is 0.0193. The molecule has 11 heteroatoms. The first-order valence-electron chi connectivity index (χ1n) is 38.5. The van der Waals surface area contributed by atoms with E-state index < -0.39 is 20.8 Å². The molecule has 0 N–H and O–H groups in total. The third kappa shape index (κ3) is 86.5. The molecule has 0 aromatic heterocycles. The van der Waals surface area contributed by atoms with Gasteiger partial charge in [-0.1, -0.05) is 424 Å². The maximum absolute atomic E-state index is 11.0. The van der Waals surface area contributed by atoms with Crippen molar-refractivity contribution in [3.63, 3.8) is 0 Å². The average Bonchev–Trinajstić information content (AvgIpc) is 3.56. The number of hydrogen-bond donors (Lipinski definition) is 0. The molecule has 0 aromatic carbocycles. The number of hydrogen-bond acceptors (Lipinski definition) is 8. The summed E-state index contributed by atoms with van der Waals surface area (Å²) < 4.78 is 75.1. The van der Waals surface area contributed by atoms with E-state index in [2.05, 4.69) is 60.4 Å². The predicted molar refractivity (Wildman–Crippen MR) is 380 cm³/mol. The van der Waals surface area contributed by atoms with Crippen LogP contribution in [0.25, 0.3) is 0 Å². The fourth-order valence-electron chi connectivity index (χ4n) is 12.2. The van der Waals surface area contributed by atoms with Gasteiger partial charge in [-0.05, 0) is 38.5 Å². The summed E-state index contributed by atoms with van der Waals surface area (Å²) in [5.41, 5.74) is 0. The Kier molecular flexibility index (Phi) is 81.3. The molecule has 8 nitrogen and oxygen atoms in total. The van der Waals surface area contributed by atoms with E-state index in [1.807, 2.05) is 0 Å². The van der Waals surface area contributed by atoms with Gasteiger partial charge < -0.3 is 9.11 Å². The molecule has 0 aliphatic rings. The summed E-state index contributed by atoms with van der Waals surface area (Å²) in [6.45, 7) is 9.08. The van der Waals surface area contributed by atoms with Gasteiger partial charge in [0.1, 0.15) is 0 Å². The van der Waals surface area contributed by atoms with Crippen LogP contribution in [0.2, 0.25) is 0 Å². The maximum Gasteiger partial charge on any atom is 2.00 e. The van der Waals surface area contributed by atoms with Crippen molar-refractivity contribution in [2.45, 2.75) is 439 Å². The van der Waals surface area contributed by atoms with Gasteiger partial charge in [0.2, 0.25) is 20.8 Å². The van der Waals surface area contributed by atoms with E-state index >= 15 is 0 Å². The second-order valence-electron chi connectivity index (χ2n) is 26.7. The second-order valence-corrected chi connectivity index (χ2v) is 28.8. The van der Waals surface area contributed by atoms with Gasteiger partial charge in [0, 0.05) is 11.8 Å². The van der Waals surface area contributed by atoms with Gasteiger partial charge in [-0.3, -0.25) is 8.37 Å². The molecule has 87 heavy (non-hydrogen) atoms. The molecule has 0 heterocycles. The van der Waals surface area contributed by atoms with Gasteiger partial charge in [-0.25, -0.2) is 16.8 Å². The van der Waals surface area contributed by atoms with Crippen LogP contribution in [0.5, 0.6) is 0 Å². The zero-order chi connectivity index (χ0) is 63.1. The summed E-state index contributed by atoms with van der Waals surface area (Å²) in [6, 6.07) is 0. The normalized spacial score (nSPS) is 12.8. The fourth-order valence-corrected chi connectivity index (χ4v) is 12.9. The minimum Gasteiger partial charge on any atom is -0.726 e. The molecule has 0 radical (unpaired) electrons. The zero-order valence-electron chi connectivity index (χ0n) is 58.9. The largest absolute Gasteiger partial charge is 2.00 e. The van der Waals surface area contributed by atoms with Crippen LogP contribution in [0.4, 0.5) is 0 Å². The molecule has 0 bridgehead atoms. The summed E-state index contributed by atoms with van der Waals surface area (Å²) in [4.78, 5) is 0. The summed E-state index contributed by atoms with van der Waals surface area (Å²) >= 11 is 0. The smallest absolute Gasteiger partial charge is 0.726 e. The standard InChI is InChI=1S/2C38H76O4S.Ca/c2*1-3-5-7-9-11-13-15-17-18-19-20-21-22-24-26-28-30-32-34-36-38(37-42-43(39,40)41)35-33-31-29-27-25-23-16-14-12-10-8-6-4-2;/h2*34,36,38H,3-33,35,37H2,1-2H3,(H,39,40,41);/q;;+2/p-2/b2*36-34+;. The van der Waals surface area contributed by atoms with Crippen molar-refractivity contribution < 1.29 is 34.3 Å². The van der Waals surface area contributed by atoms with E-state index in [0.29, 0.717) is 0 Å². The first-order valence-corrected chi connectivity index (χ1v) is 41.2. The monoisotopic (exact) mass is 1300 g/mol. The Balaban J connectivity index is -0.00000160. The number of allylic oxidation sites excluding steroid dienone is 2. The van der Waals surface area contributed by atoms with E-state index in [1.54, 1.807) is 0 Å². The van der Waals surface area contributed by atoms with Gasteiger partial charge >= 0.3 is 37.7 Å². The molecular formula is C76H150CaO8S2. The minimum absolute atomic E-state index is 0. The van der Waals surface area contributed by atoms with Crippen molar-refractivity contribution >= 4 is 58.5 Å². The van der Waals surface area contributed by atoms with Gasteiger partial charge in [0.25, 0.3) is 0 Å². The van der Waals surface area contributed by atoms with Crippen molar-refractivity contribution in [1.29, 1.82) is 0 Å². The molecule has 0 fully saturated rings. The zero-order valence-corrected chi connectivity index (χ0v) is 62.8. The molecule has 0 spiro atoms. The van der Waals surface area contributed by atoms with Crippen LogP contribution in [-0.4, -0.2) is 76.9 Å². The molecule has 0 aromatic rings. The Bertz CT molecular complexity index is 1440. The first-order chi connectivity index (χ1) is 42.0. The van der Waals surface area contributed by atoms with E-state index in [9.17, 15) is 25.9 Å². The summed E-state index contributed by atoms with van der Waals surface area (Å²) in [6.07, 6.45) is 93.6. The molecule has 0 aliphatic heterocycles. The fraction of sp³-hybridized carbons (Fsp3) is 0.947. The molecule has 2 unspecified atom stereocenters. The predicted octanol–water partition coefficient (Wildman–Crippen LogP) is 25.9. The van der Waals surface area contributed by atoms with E-state index in [-0.39, 0.29) is 62.8 Å². The average molecular weight is 1300 g/mol. The SMILES string of the molecule is CCCCCCCCCCCCCCCCCCC/C=C/C(CCCCCCCCCCCCCCC)COS(=O)(=O)[O-].CCCCCCCCCCCCCCCCCCC/C=C/C(CCCCCCCCCCCCCCC)COS(=O)(=O)[O-].[Ca+2]. The van der Waals surface area contributed by atoms with Crippen LogP contribution in [-0.2, 0) is 29.2 Å². The molecule has 0 saturated carbocycles. The Hall–Kier alpha value is 0.480. The van der Waals surface area contributed by atoms with Gasteiger partial charge in [-0.15, -0.1) is 0 Å². The van der Waals surface area contributed by atoms with E-state index in [4.69, 9.17) is 0 Å². The Labute approximate surface area is 576 Å². The molecule has 0 saturated heterocycles. The summed E-state index contributed by atoms with van der Waals surface area (Å²) in [5.74, 6) is 0.0319. The van der Waals surface area contributed by atoms with Crippen LogP contribution in [0, 0.1) is 11.8 Å². The Morgan fingerprint density at radius 3 is 0.563 bits per heavy atom. The minimum atomic E-state index is -4.62. The van der Waals surface area contributed by atoms with E-state index in [0.717, 1.165) is 38.5 Å². The topological polar surface area (TPSA) is 133 Å². The molecule has 0 aliphatic carbocycles. The maximum atomic E-state index is 11.0. The van der Waals surface area contributed by atoms with Crippen molar-refractivity contribution in [2.75, 3.05) is 13.2 Å². The number of rotatable bonds is 72. The van der Waals surface area contributed by atoms with Crippen molar-refractivity contribution in [3.05, 3.63) is 24.3 Å². The molecular weight excluding hydrogens is 1150 g/mol. The van der Waals surface area contributed by atoms with Crippen LogP contribution >= 0.6 is 0 Å². The van der Waals surface area contributed by atoms with Crippen molar-refractivity contribution in [2.24, 2.45) is 11.8 Å². The third-order valence-electron chi connectivity index (χ3n) is 18.0. The molecule has 0 amide bonds. The van der Waals surface area contributed by atoms with Gasteiger partial charge in [0.15, 0.2) is 0 Å². The van der Waals surface area contributed by atoms with Crippen molar-refractivity contribution in [3.8, 4) is 0 Å².